The third-order valence-electron chi connectivity index (χ3n) is 3.98. The molecule has 25 heavy (non-hydrogen) atoms. The van der Waals surface area contributed by atoms with Crippen molar-refractivity contribution in [2.24, 2.45) is 0 Å². The van der Waals surface area contributed by atoms with Gasteiger partial charge in [-0.2, -0.15) is 0 Å². The Morgan fingerprint density at radius 3 is 2.60 bits per heavy atom. The van der Waals surface area contributed by atoms with Crippen LogP contribution in [0.15, 0.2) is 5.38 Å². The molecule has 2 heterocycles. The van der Waals surface area contributed by atoms with Crippen molar-refractivity contribution in [1.82, 2.24) is 20.5 Å². The lowest BCUT2D eigenvalue weighted by molar-refractivity contribution is 0.0957. The van der Waals surface area contributed by atoms with E-state index in [0.717, 1.165) is 23.5 Å². The highest BCUT2D eigenvalue weighted by molar-refractivity contribution is 7.09. The van der Waals surface area contributed by atoms with Crippen LogP contribution in [0.1, 0.15) is 51.2 Å². The number of thiazole rings is 1. The van der Waals surface area contributed by atoms with Crippen molar-refractivity contribution in [3.63, 3.8) is 0 Å². The van der Waals surface area contributed by atoms with Crippen molar-refractivity contribution in [1.29, 1.82) is 0 Å². The third-order valence-corrected chi connectivity index (χ3v) is 5.30. The van der Waals surface area contributed by atoms with E-state index < -0.39 is 0 Å². The molecule has 1 aromatic rings. The molecule has 1 aliphatic rings. The first-order valence-electron chi connectivity index (χ1n) is 8.70. The summed E-state index contributed by atoms with van der Waals surface area (Å²) in [6.45, 7) is 10.2. The zero-order chi connectivity index (χ0) is 18.4. The highest BCUT2D eigenvalue weighted by Gasteiger charge is 2.24. The van der Waals surface area contributed by atoms with E-state index in [1.165, 1.54) is 0 Å². The summed E-state index contributed by atoms with van der Waals surface area (Å²) in [5, 5.41) is 8.87. The molecule has 0 bridgehead atoms. The minimum Gasteiger partial charge on any atom is -0.450 e. The van der Waals surface area contributed by atoms with Crippen LogP contribution >= 0.6 is 11.3 Å². The van der Waals surface area contributed by atoms with Gasteiger partial charge in [0.1, 0.15) is 0 Å². The molecule has 140 valence electrons. The Morgan fingerprint density at radius 1 is 1.36 bits per heavy atom. The lowest BCUT2D eigenvalue weighted by atomic mass is 9.98. The molecule has 2 N–H and O–H groups in total. The van der Waals surface area contributed by atoms with E-state index in [4.69, 9.17) is 4.74 Å². The summed E-state index contributed by atoms with van der Waals surface area (Å²) in [7, 11) is 0. The second-order valence-corrected chi connectivity index (χ2v) is 8.04. The third kappa shape index (κ3) is 5.88. The fourth-order valence-electron chi connectivity index (χ4n) is 2.56. The Kier molecular flexibility index (Phi) is 6.64. The first kappa shape index (κ1) is 19.5. The Morgan fingerprint density at radius 2 is 2.04 bits per heavy atom. The predicted molar refractivity (Wildman–Crippen MR) is 97.8 cm³/mol. The molecule has 3 amide bonds. The van der Waals surface area contributed by atoms with Crippen molar-refractivity contribution in [3.05, 3.63) is 16.1 Å². The quantitative estimate of drug-likeness (QED) is 0.856. The van der Waals surface area contributed by atoms with Crippen LogP contribution in [0, 0.1) is 0 Å². The maximum atomic E-state index is 12.1. The van der Waals surface area contributed by atoms with Crippen LogP contribution in [0.5, 0.6) is 0 Å². The van der Waals surface area contributed by atoms with Crippen LogP contribution in [-0.2, 0) is 16.7 Å². The van der Waals surface area contributed by atoms with Crippen molar-refractivity contribution in [3.8, 4) is 0 Å². The lowest BCUT2D eigenvalue weighted by Gasteiger charge is -2.31. The molecule has 1 aromatic heterocycles. The van der Waals surface area contributed by atoms with Crippen LogP contribution in [0.4, 0.5) is 9.59 Å². The molecule has 0 unspecified atom stereocenters. The zero-order valence-corrected chi connectivity index (χ0v) is 16.2. The normalized spacial score (nSPS) is 15.8. The monoisotopic (exact) mass is 368 g/mol. The second kappa shape index (κ2) is 8.51. The fourth-order valence-corrected chi connectivity index (χ4v) is 3.47. The summed E-state index contributed by atoms with van der Waals surface area (Å²) < 4.78 is 4.99. The van der Waals surface area contributed by atoms with Gasteiger partial charge in [-0.3, -0.25) is 0 Å². The molecule has 8 heteroatoms. The number of carbonyl (C=O) groups excluding carboxylic acids is 2. The molecule has 2 rings (SSSR count). The summed E-state index contributed by atoms with van der Waals surface area (Å²) >= 11 is 1.62. The van der Waals surface area contributed by atoms with Gasteiger partial charge in [0.2, 0.25) is 0 Å². The van der Waals surface area contributed by atoms with Crippen molar-refractivity contribution < 1.29 is 14.3 Å². The fraction of sp³-hybridized carbons (Fsp3) is 0.706. The van der Waals surface area contributed by atoms with Gasteiger partial charge >= 0.3 is 12.1 Å². The summed E-state index contributed by atoms with van der Waals surface area (Å²) in [6, 6.07) is -0.119. The highest BCUT2D eigenvalue weighted by atomic mass is 32.1. The molecule has 0 saturated carbocycles. The Labute approximate surface area is 153 Å². The number of piperidine rings is 1. The van der Waals surface area contributed by atoms with Crippen LogP contribution in [0.3, 0.4) is 0 Å². The van der Waals surface area contributed by atoms with Crippen LogP contribution in [0.2, 0.25) is 0 Å². The molecule has 0 atom stereocenters. The molecule has 0 spiro atoms. The first-order chi connectivity index (χ1) is 11.8. The standard InChI is InChI=1S/C17H28N4O3S/c1-5-24-16(23)21-8-6-12(7-9-21)20-15(22)18-10-13-11-25-14(19-13)17(2,3)4/h11-12H,5-10H2,1-4H3,(H2,18,20,22). The average molecular weight is 369 g/mol. The predicted octanol–water partition coefficient (Wildman–Crippen LogP) is 2.86. The van der Waals surface area contributed by atoms with E-state index in [-0.39, 0.29) is 23.6 Å². The number of amides is 3. The number of nitrogens with one attached hydrogen (secondary N) is 2. The van der Waals surface area contributed by atoms with Gasteiger partial charge in [-0.25, -0.2) is 14.6 Å². The zero-order valence-electron chi connectivity index (χ0n) is 15.4. The number of ether oxygens (including phenoxy) is 1. The van der Waals surface area contributed by atoms with Gasteiger partial charge in [0, 0.05) is 29.9 Å². The Bertz CT molecular complexity index is 589. The maximum Gasteiger partial charge on any atom is 0.409 e. The minimum atomic E-state index is -0.274. The molecule has 7 nitrogen and oxygen atoms in total. The van der Waals surface area contributed by atoms with E-state index in [0.29, 0.717) is 26.2 Å². The highest BCUT2D eigenvalue weighted by Crippen LogP contribution is 2.25. The number of hydrogen-bond acceptors (Lipinski definition) is 5. The second-order valence-electron chi connectivity index (χ2n) is 7.18. The van der Waals surface area contributed by atoms with E-state index in [2.05, 4.69) is 36.4 Å². The molecule has 1 saturated heterocycles. The number of carbonyl (C=O) groups is 2. The number of nitrogens with zero attached hydrogens (tertiary/aromatic N) is 2. The topological polar surface area (TPSA) is 83.6 Å². The number of rotatable bonds is 4. The molecule has 0 aliphatic carbocycles. The number of hydrogen-bond donors (Lipinski definition) is 2. The number of urea groups is 1. The van der Waals surface area contributed by atoms with Gasteiger partial charge in [0.25, 0.3) is 0 Å². The molecule has 1 aliphatic heterocycles. The molecular formula is C17H28N4O3S. The van der Waals surface area contributed by atoms with Gasteiger partial charge in [-0.15, -0.1) is 11.3 Å². The van der Waals surface area contributed by atoms with Gasteiger partial charge in [-0.1, -0.05) is 20.8 Å². The maximum absolute atomic E-state index is 12.1. The van der Waals surface area contributed by atoms with Crippen molar-refractivity contribution >= 4 is 23.5 Å². The van der Waals surface area contributed by atoms with Gasteiger partial charge < -0.3 is 20.3 Å². The molecule has 0 radical (unpaired) electrons. The Hall–Kier alpha value is -1.83. The average Bonchev–Trinajstić information content (AvgIpc) is 3.03. The summed E-state index contributed by atoms with van der Waals surface area (Å²) in [5.41, 5.74) is 0.903. The van der Waals surface area contributed by atoms with Gasteiger partial charge in [0.05, 0.1) is 23.9 Å². The van der Waals surface area contributed by atoms with Crippen LogP contribution < -0.4 is 10.6 Å². The first-order valence-corrected chi connectivity index (χ1v) is 9.58. The van der Waals surface area contributed by atoms with Gasteiger partial charge in [0.15, 0.2) is 0 Å². The smallest absolute Gasteiger partial charge is 0.409 e. The van der Waals surface area contributed by atoms with Crippen molar-refractivity contribution in [2.45, 2.75) is 58.5 Å². The molecular weight excluding hydrogens is 340 g/mol. The summed E-state index contributed by atoms with van der Waals surface area (Å²) in [4.78, 5) is 30.0. The van der Waals surface area contributed by atoms with E-state index in [1.807, 2.05) is 5.38 Å². The van der Waals surface area contributed by atoms with Gasteiger partial charge in [-0.05, 0) is 19.8 Å². The number of likely N-dealkylation sites (tertiary alicyclic amines) is 1. The SMILES string of the molecule is CCOC(=O)N1CCC(NC(=O)NCc2csc(C(C)(C)C)n2)CC1. The van der Waals surface area contributed by atoms with E-state index in [1.54, 1.807) is 23.2 Å². The molecule has 1 fully saturated rings. The minimum absolute atomic E-state index is 0.0259. The summed E-state index contributed by atoms with van der Waals surface area (Å²) in [6.07, 6.45) is 1.19. The lowest BCUT2D eigenvalue weighted by Crippen LogP contribution is -2.49. The summed E-state index contributed by atoms with van der Waals surface area (Å²) in [5.74, 6) is 0. The number of aromatic nitrogens is 1. The van der Waals surface area contributed by atoms with Crippen LogP contribution in [-0.4, -0.2) is 47.7 Å². The van der Waals surface area contributed by atoms with Crippen molar-refractivity contribution in [2.75, 3.05) is 19.7 Å². The van der Waals surface area contributed by atoms with E-state index in [9.17, 15) is 9.59 Å². The van der Waals surface area contributed by atoms with Crippen LogP contribution in [0.25, 0.3) is 0 Å². The molecule has 0 aromatic carbocycles. The Balaban J connectivity index is 1.71. The largest absolute Gasteiger partial charge is 0.450 e. The van der Waals surface area contributed by atoms with E-state index >= 15 is 0 Å².